The maximum Gasteiger partial charge on any atom is 0.0594 e. The Hall–Kier alpha value is -0.0800. The summed E-state index contributed by atoms with van der Waals surface area (Å²) in [4.78, 5) is 0. The van der Waals surface area contributed by atoms with Crippen LogP contribution in [0.2, 0.25) is 0 Å². The number of hydrogen-bond donors (Lipinski definition) is 1. The van der Waals surface area contributed by atoms with Gasteiger partial charge in [-0.1, -0.05) is 27.2 Å². The van der Waals surface area contributed by atoms with E-state index >= 15 is 0 Å². The molecule has 1 rings (SSSR count). The lowest BCUT2D eigenvalue weighted by Crippen LogP contribution is -2.38. The minimum atomic E-state index is 0.355. The zero-order valence-corrected chi connectivity index (χ0v) is 13.1. The Balaban J connectivity index is 2.16. The van der Waals surface area contributed by atoms with Crippen molar-refractivity contribution in [1.29, 1.82) is 0 Å². The molecule has 0 saturated heterocycles. The Labute approximate surface area is 114 Å². The van der Waals surface area contributed by atoms with Crippen molar-refractivity contribution in [3.05, 3.63) is 0 Å². The van der Waals surface area contributed by atoms with Gasteiger partial charge in [0.1, 0.15) is 0 Å². The van der Waals surface area contributed by atoms with E-state index in [1.807, 2.05) is 0 Å². The van der Waals surface area contributed by atoms with Crippen molar-refractivity contribution in [3.8, 4) is 0 Å². The van der Waals surface area contributed by atoms with E-state index in [1.165, 1.54) is 32.1 Å². The van der Waals surface area contributed by atoms with Crippen LogP contribution < -0.4 is 5.32 Å². The van der Waals surface area contributed by atoms with Crippen molar-refractivity contribution in [2.24, 2.45) is 11.3 Å². The third-order valence-corrected chi connectivity index (χ3v) is 4.73. The molecular formula is C16H33NO. The summed E-state index contributed by atoms with van der Waals surface area (Å²) >= 11 is 0. The molecule has 0 bridgehead atoms. The van der Waals surface area contributed by atoms with Crippen LogP contribution in [0.4, 0.5) is 0 Å². The molecule has 2 nitrogen and oxygen atoms in total. The molecule has 0 radical (unpaired) electrons. The second-order valence-electron chi connectivity index (χ2n) is 6.76. The first-order valence-electron chi connectivity index (χ1n) is 7.80. The van der Waals surface area contributed by atoms with Crippen LogP contribution in [0.25, 0.3) is 0 Å². The summed E-state index contributed by atoms with van der Waals surface area (Å²) in [6, 6.07) is 0.727. The van der Waals surface area contributed by atoms with Gasteiger partial charge in [-0.15, -0.1) is 0 Å². The molecule has 1 N–H and O–H groups in total. The van der Waals surface area contributed by atoms with E-state index in [9.17, 15) is 0 Å². The van der Waals surface area contributed by atoms with Crippen LogP contribution in [-0.2, 0) is 4.74 Å². The SMILES string of the molecule is CCC(C)(C)C1CCC(NCCOC(C)C)CC1. The molecule has 0 atom stereocenters. The Bertz CT molecular complexity index is 217. The molecule has 18 heavy (non-hydrogen) atoms. The number of ether oxygens (including phenoxy) is 1. The van der Waals surface area contributed by atoms with Crippen molar-refractivity contribution in [2.45, 2.75) is 78.9 Å². The molecule has 1 aliphatic carbocycles. The zero-order chi connectivity index (χ0) is 13.6. The van der Waals surface area contributed by atoms with Crippen molar-refractivity contribution in [3.63, 3.8) is 0 Å². The number of rotatable bonds is 7. The molecular weight excluding hydrogens is 222 g/mol. The van der Waals surface area contributed by atoms with Crippen LogP contribution in [0.15, 0.2) is 0 Å². The second-order valence-corrected chi connectivity index (χ2v) is 6.76. The monoisotopic (exact) mass is 255 g/mol. The molecule has 1 saturated carbocycles. The maximum absolute atomic E-state index is 5.56. The average Bonchev–Trinajstić information content (AvgIpc) is 2.35. The zero-order valence-electron chi connectivity index (χ0n) is 13.1. The summed E-state index contributed by atoms with van der Waals surface area (Å²) in [5, 5.41) is 3.64. The lowest BCUT2D eigenvalue weighted by molar-refractivity contribution is 0.0758. The minimum absolute atomic E-state index is 0.355. The van der Waals surface area contributed by atoms with E-state index in [2.05, 4.69) is 39.9 Å². The Kier molecular flexibility index (Phi) is 6.65. The smallest absolute Gasteiger partial charge is 0.0594 e. The van der Waals surface area contributed by atoms with E-state index in [0.29, 0.717) is 11.5 Å². The predicted molar refractivity (Wildman–Crippen MR) is 78.9 cm³/mol. The highest BCUT2D eigenvalue weighted by atomic mass is 16.5. The van der Waals surface area contributed by atoms with Gasteiger partial charge < -0.3 is 10.1 Å². The number of hydrogen-bond acceptors (Lipinski definition) is 2. The van der Waals surface area contributed by atoms with Gasteiger partial charge in [0.15, 0.2) is 0 Å². The molecule has 1 aliphatic rings. The normalized spacial score (nSPS) is 25.7. The van der Waals surface area contributed by atoms with Crippen LogP contribution in [0, 0.1) is 11.3 Å². The largest absolute Gasteiger partial charge is 0.377 e. The fourth-order valence-electron chi connectivity index (χ4n) is 2.93. The van der Waals surface area contributed by atoms with Gasteiger partial charge in [0.2, 0.25) is 0 Å². The summed E-state index contributed by atoms with van der Waals surface area (Å²) in [6.45, 7) is 13.2. The molecule has 0 aromatic heterocycles. The maximum atomic E-state index is 5.56. The van der Waals surface area contributed by atoms with E-state index in [4.69, 9.17) is 4.74 Å². The third kappa shape index (κ3) is 5.27. The van der Waals surface area contributed by atoms with Crippen LogP contribution in [-0.4, -0.2) is 25.3 Å². The Morgan fingerprint density at radius 1 is 1.17 bits per heavy atom. The lowest BCUT2D eigenvalue weighted by Gasteiger charge is -2.39. The van der Waals surface area contributed by atoms with E-state index in [1.54, 1.807) is 0 Å². The van der Waals surface area contributed by atoms with Crippen LogP contribution in [0.1, 0.15) is 66.7 Å². The third-order valence-electron chi connectivity index (χ3n) is 4.73. The standard InChI is InChI=1S/C16H33NO/c1-6-16(4,5)14-7-9-15(10-8-14)17-11-12-18-13(2)3/h13-15,17H,6-12H2,1-5H3. The van der Waals surface area contributed by atoms with E-state index in [-0.39, 0.29) is 0 Å². The molecule has 0 aromatic carbocycles. The first-order valence-corrected chi connectivity index (χ1v) is 7.80. The molecule has 0 aliphatic heterocycles. The minimum Gasteiger partial charge on any atom is -0.377 e. The van der Waals surface area contributed by atoms with E-state index < -0.39 is 0 Å². The molecule has 0 aromatic rings. The highest BCUT2D eigenvalue weighted by Crippen LogP contribution is 2.40. The van der Waals surface area contributed by atoms with Gasteiger partial charge in [-0.3, -0.25) is 0 Å². The van der Waals surface area contributed by atoms with Crippen molar-refractivity contribution >= 4 is 0 Å². The number of nitrogens with one attached hydrogen (secondary N) is 1. The molecule has 0 amide bonds. The first kappa shape index (κ1) is 16.0. The van der Waals surface area contributed by atoms with Gasteiger partial charge in [0.05, 0.1) is 12.7 Å². The Morgan fingerprint density at radius 2 is 1.78 bits per heavy atom. The molecule has 2 heteroatoms. The summed E-state index contributed by atoms with van der Waals surface area (Å²) in [6.07, 6.45) is 7.13. The van der Waals surface area contributed by atoms with Crippen molar-refractivity contribution < 1.29 is 4.74 Å². The van der Waals surface area contributed by atoms with Gasteiger partial charge in [-0.05, 0) is 50.9 Å². The van der Waals surface area contributed by atoms with Gasteiger partial charge in [-0.2, -0.15) is 0 Å². The lowest BCUT2D eigenvalue weighted by atomic mass is 9.69. The van der Waals surface area contributed by atoms with Gasteiger partial charge in [-0.25, -0.2) is 0 Å². The van der Waals surface area contributed by atoms with Crippen LogP contribution >= 0.6 is 0 Å². The van der Waals surface area contributed by atoms with Gasteiger partial charge in [0.25, 0.3) is 0 Å². The molecule has 108 valence electrons. The summed E-state index contributed by atoms with van der Waals surface area (Å²) in [7, 11) is 0. The van der Waals surface area contributed by atoms with Crippen molar-refractivity contribution in [1.82, 2.24) is 5.32 Å². The highest BCUT2D eigenvalue weighted by Gasteiger charge is 2.31. The van der Waals surface area contributed by atoms with Gasteiger partial charge >= 0.3 is 0 Å². The Morgan fingerprint density at radius 3 is 2.28 bits per heavy atom. The summed E-state index contributed by atoms with van der Waals surface area (Å²) < 4.78 is 5.56. The quantitative estimate of drug-likeness (QED) is 0.694. The average molecular weight is 255 g/mol. The van der Waals surface area contributed by atoms with Crippen LogP contribution in [0.5, 0.6) is 0 Å². The fraction of sp³-hybridized carbons (Fsp3) is 1.00. The first-order chi connectivity index (χ1) is 8.45. The van der Waals surface area contributed by atoms with Crippen LogP contribution in [0.3, 0.4) is 0 Å². The molecule has 0 unspecified atom stereocenters. The van der Waals surface area contributed by atoms with Gasteiger partial charge in [0, 0.05) is 12.6 Å². The van der Waals surface area contributed by atoms with E-state index in [0.717, 1.165) is 25.1 Å². The molecule has 0 heterocycles. The van der Waals surface area contributed by atoms with Crippen molar-refractivity contribution in [2.75, 3.05) is 13.2 Å². The second kappa shape index (κ2) is 7.49. The summed E-state index contributed by atoms with van der Waals surface area (Å²) in [5.74, 6) is 0.924. The predicted octanol–water partition coefficient (Wildman–Crippen LogP) is 4.00. The topological polar surface area (TPSA) is 21.3 Å². The highest BCUT2D eigenvalue weighted by molar-refractivity contribution is 4.84. The summed E-state index contributed by atoms with van der Waals surface area (Å²) in [5.41, 5.74) is 0.533. The molecule has 0 spiro atoms. The fourth-order valence-corrected chi connectivity index (χ4v) is 2.93. The molecule has 1 fully saturated rings.